The van der Waals surface area contributed by atoms with Crippen LogP contribution in [0, 0.1) is 6.92 Å². The number of piperidine rings is 1. The fraction of sp³-hybridized carbons (Fsp3) is 0.812. The molecule has 112 valence electrons. The molecule has 1 atom stereocenters. The average Bonchev–Trinajstić information content (AvgIpc) is 3.09. The molecule has 1 saturated heterocycles. The largest absolute Gasteiger partial charge is 0.353 e. The van der Waals surface area contributed by atoms with Crippen molar-refractivity contribution in [1.29, 1.82) is 0 Å². The number of likely N-dealkylation sites (N-methyl/N-ethyl adjacent to an activating group) is 1. The summed E-state index contributed by atoms with van der Waals surface area (Å²) in [5.74, 6) is 1.11. The number of aryl methyl sites for hydroxylation is 1. The van der Waals surface area contributed by atoms with Crippen molar-refractivity contribution in [2.45, 2.75) is 64.5 Å². The van der Waals surface area contributed by atoms with Gasteiger partial charge < -0.3 is 14.8 Å². The molecule has 20 heavy (non-hydrogen) atoms. The third-order valence-electron chi connectivity index (χ3n) is 4.86. The van der Waals surface area contributed by atoms with Gasteiger partial charge in [-0.25, -0.2) is 4.98 Å². The smallest absolute Gasteiger partial charge is 0.203 e. The molecule has 0 radical (unpaired) electrons. The summed E-state index contributed by atoms with van der Waals surface area (Å²) in [6.45, 7) is 7.96. The Morgan fingerprint density at radius 2 is 2.05 bits per heavy atom. The molecule has 1 unspecified atom stereocenters. The Balaban J connectivity index is 1.74. The monoisotopic (exact) mass is 276 g/mol. The normalized spacial score (nSPS) is 25.2. The van der Waals surface area contributed by atoms with Crippen LogP contribution < -0.4 is 5.32 Å². The second-order valence-corrected chi connectivity index (χ2v) is 6.43. The zero-order valence-corrected chi connectivity index (χ0v) is 12.9. The minimum Gasteiger partial charge on any atom is -0.353 e. The Morgan fingerprint density at radius 3 is 2.80 bits per heavy atom. The Hall–Kier alpha value is -1.03. The van der Waals surface area contributed by atoms with Gasteiger partial charge in [0.05, 0.1) is 5.69 Å². The van der Waals surface area contributed by atoms with Gasteiger partial charge in [0, 0.05) is 24.8 Å². The Bertz CT molecular complexity index is 434. The van der Waals surface area contributed by atoms with E-state index in [1.807, 2.05) is 0 Å². The van der Waals surface area contributed by atoms with Crippen LogP contribution in [0.3, 0.4) is 0 Å². The highest BCUT2D eigenvalue weighted by molar-refractivity contribution is 5.31. The summed E-state index contributed by atoms with van der Waals surface area (Å²) in [4.78, 5) is 7.29. The molecule has 1 saturated carbocycles. The lowest BCUT2D eigenvalue weighted by molar-refractivity contribution is 0.186. The van der Waals surface area contributed by atoms with Crippen LogP contribution in [-0.2, 0) is 0 Å². The van der Waals surface area contributed by atoms with Gasteiger partial charge in [0.2, 0.25) is 5.95 Å². The van der Waals surface area contributed by atoms with E-state index in [9.17, 15) is 0 Å². The van der Waals surface area contributed by atoms with Gasteiger partial charge >= 0.3 is 0 Å². The first-order valence-corrected chi connectivity index (χ1v) is 8.30. The molecule has 1 aliphatic carbocycles. The van der Waals surface area contributed by atoms with E-state index in [0.29, 0.717) is 12.1 Å². The SMILES string of the molecule is CCN1CCCC(n2cc(C)nc2NC2CCCC2)C1. The maximum atomic E-state index is 4.73. The molecule has 0 amide bonds. The van der Waals surface area contributed by atoms with Crippen LogP contribution in [0.2, 0.25) is 0 Å². The number of nitrogens with one attached hydrogen (secondary N) is 1. The van der Waals surface area contributed by atoms with Gasteiger partial charge in [-0.1, -0.05) is 19.8 Å². The molecule has 2 fully saturated rings. The molecule has 1 aromatic heterocycles. The molecule has 0 bridgehead atoms. The topological polar surface area (TPSA) is 33.1 Å². The summed E-state index contributed by atoms with van der Waals surface area (Å²) in [6.07, 6.45) is 10.2. The second kappa shape index (κ2) is 6.17. The van der Waals surface area contributed by atoms with Crippen LogP contribution in [0.25, 0.3) is 0 Å². The highest BCUT2D eigenvalue weighted by atomic mass is 15.3. The molecule has 2 aliphatic rings. The van der Waals surface area contributed by atoms with Gasteiger partial charge in [-0.3, -0.25) is 0 Å². The van der Waals surface area contributed by atoms with Crippen molar-refractivity contribution in [2.75, 3.05) is 25.0 Å². The van der Waals surface area contributed by atoms with Crippen LogP contribution in [0.5, 0.6) is 0 Å². The Morgan fingerprint density at radius 1 is 1.25 bits per heavy atom. The molecule has 3 rings (SSSR count). The van der Waals surface area contributed by atoms with Crippen molar-refractivity contribution in [3.05, 3.63) is 11.9 Å². The number of aromatic nitrogens is 2. The predicted molar refractivity (Wildman–Crippen MR) is 83.2 cm³/mol. The molecule has 0 aromatic carbocycles. The summed E-state index contributed by atoms with van der Waals surface area (Å²) in [5, 5.41) is 3.69. The van der Waals surface area contributed by atoms with E-state index in [0.717, 1.165) is 18.2 Å². The van der Waals surface area contributed by atoms with Gasteiger partial charge in [0.15, 0.2) is 0 Å². The van der Waals surface area contributed by atoms with E-state index < -0.39 is 0 Å². The number of hydrogen-bond acceptors (Lipinski definition) is 3. The number of nitrogens with zero attached hydrogens (tertiary/aromatic N) is 3. The average molecular weight is 276 g/mol. The number of likely N-dealkylation sites (tertiary alicyclic amines) is 1. The molecule has 1 aromatic rings. The highest BCUT2D eigenvalue weighted by Gasteiger charge is 2.24. The molecular formula is C16H28N4. The Kier molecular flexibility index (Phi) is 4.29. The van der Waals surface area contributed by atoms with Crippen LogP contribution >= 0.6 is 0 Å². The third-order valence-corrected chi connectivity index (χ3v) is 4.86. The van der Waals surface area contributed by atoms with E-state index in [1.165, 1.54) is 51.6 Å². The second-order valence-electron chi connectivity index (χ2n) is 6.43. The summed E-state index contributed by atoms with van der Waals surface area (Å²) in [5.41, 5.74) is 1.14. The lowest BCUT2D eigenvalue weighted by atomic mass is 10.1. The fourth-order valence-corrected chi connectivity index (χ4v) is 3.70. The first-order valence-electron chi connectivity index (χ1n) is 8.30. The summed E-state index contributed by atoms with van der Waals surface area (Å²) in [7, 11) is 0. The van der Waals surface area contributed by atoms with Crippen molar-refractivity contribution >= 4 is 5.95 Å². The van der Waals surface area contributed by atoms with Gasteiger partial charge in [0.25, 0.3) is 0 Å². The predicted octanol–water partition coefficient (Wildman–Crippen LogP) is 3.20. The number of rotatable bonds is 4. The maximum Gasteiger partial charge on any atom is 0.203 e. The lowest BCUT2D eigenvalue weighted by Crippen LogP contribution is -2.36. The summed E-state index contributed by atoms with van der Waals surface area (Å²) in [6, 6.07) is 1.23. The third kappa shape index (κ3) is 3.00. The van der Waals surface area contributed by atoms with Crippen molar-refractivity contribution < 1.29 is 0 Å². The van der Waals surface area contributed by atoms with E-state index >= 15 is 0 Å². The Labute approximate surface area is 122 Å². The van der Waals surface area contributed by atoms with Gasteiger partial charge in [-0.05, 0) is 45.7 Å². The van der Waals surface area contributed by atoms with Crippen LogP contribution in [0.4, 0.5) is 5.95 Å². The molecular weight excluding hydrogens is 248 g/mol. The zero-order valence-electron chi connectivity index (χ0n) is 12.9. The number of imidazole rings is 1. The van der Waals surface area contributed by atoms with Crippen LogP contribution in [0.15, 0.2) is 6.20 Å². The summed E-state index contributed by atoms with van der Waals surface area (Å²) >= 11 is 0. The quantitative estimate of drug-likeness (QED) is 0.916. The fourth-order valence-electron chi connectivity index (χ4n) is 3.70. The number of hydrogen-bond donors (Lipinski definition) is 1. The van der Waals surface area contributed by atoms with E-state index in [1.54, 1.807) is 0 Å². The van der Waals surface area contributed by atoms with Crippen LogP contribution in [0.1, 0.15) is 57.2 Å². The minimum atomic E-state index is 0.591. The van der Waals surface area contributed by atoms with E-state index in [2.05, 4.69) is 34.8 Å². The van der Waals surface area contributed by atoms with Crippen molar-refractivity contribution in [3.63, 3.8) is 0 Å². The summed E-state index contributed by atoms with van der Waals surface area (Å²) < 4.78 is 2.41. The van der Waals surface area contributed by atoms with Crippen molar-refractivity contribution in [3.8, 4) is 0 Å². The van der Waals surface area contributed by atoms with Gasteiger partial charge in [-0.2, -0.15) is 0 Å². The lowest BCUT2D eigenvalue weighted by Gasteiger charge is -2.33. The van der Waals surface area contributed by atoms with Gasteiger partial charge in [0.1, 0.15) is 0 Å². The van der Waals surface area contributed by atoms with E-state index in [-0.39, 0.29) is 0 Å². The molecule has 1 N–H and O–H groups in total. The first kappa shape index (κ1) is 13.9. The maximum absolute atomic E-state index is 4.73. The molecule has 4 nitrogen and oxygen atoms in total. The zero-order chi connectivity index (χ0) is 13.9. The molecule has 2 heterocycles. The first-order chi connectivity index (χ1) is 9.76. The van der Waals surface area contributed by atoms with E-state index in [4.69, 9.17) is 4.98 Å². The van der Waals surface area contributed by atoms with Crippen molar-refractivity contribution in [1.82, 2.24) is 14.5 Å². The van der Waals surface area contributed by atoms with Gasteiger partial charge in [-0.15, -0.1) is 0 Å². The molecule has 1 aliphatic heterocycles. The standard InChI is InChI=1S/C16H28N4/c1-3-19-10-6-9-15(12-19)20-11-13(2)17-16(20)18-14-7-4-5-8-14/h11,14-15H,3-10,12H2,1-2H3,(H,17,18). The van der Waals surface area contributed by atoms with Crippen molar-refractivity contribution in [2.24, 2.45) is 0 Å². The van der Waals surface area contributed by atoms with Crippen LogP contribution in [-0.4, -0.2) is 40.1 Å². The highest BCUT2D eigenvalue weighted by Crippen LogP contribution is 2.28. The molecule has 4 heteroatoms. The molecule has 0 spiro atoms. The minimum absolute atomic E-state index is 0.591. The number of anilines is 1.